The Labute approximate surface area is 83.9 Å². The molecule has 2 aliphatic heterocycles. The lowest BCUT2D eigenvalue weighted by Crippen LogP contribution is -2.64. The van der Waals surface area contributed by atoms with Crippen LogP contribution in [0.4, 0.5) is 13.2 Å². The summed E-state index contributed by atoms with van der Waals surface area (Å²) in [7, 11) is 0. The lowest BCUT2D eigenvalue weighted by molar-refractivity contribution is -0.193. The highest BCUT2D eigenvalue weighted by atomic mass is 19.4. The molecule has 1 amide bonds. The normalized spacial score (nSPS) is 24.5. The highest BCUT2D eigenvalue weighted by Crippen LogP contribution is 2.36. The maximum Gasteiger partial charge on any atom is 0.471 e. The predicted molar refractivity (Wildman–Crippen MR) is 45.7 cm³/mol. The van der Waals surface area contributed by atoms with Crippen LogP contribution in [0, 0.1) is 10.8 Å². The molecule has 0 aromatic rings. The van der Waals surface area contributed by atoms with E-state index in [0.717, 1.165) is 4.90 Å². The third kappa shape index (κ3) is 1.50. The van der Waals surface area contributed by atoms with Gasteiger partial charge >= 0.3 is 12.1 Å². The number of rotatable bonds is 0. The van der Waals surface area contributed by atoms with Crippen molar-refractivity contribution in [3.05, 3.63) is 0 Å². The number of alkyl halides is 3. The fourth-order valence-electron chi connectivity index (χ4n) is 2.03. The third-order valence-corrected chi connectivity index (χ3v) is 2.92. The van der Waals surface area contributed by atoms with E-state index in [-0.39, 0.29) is 13.1 Å². The third-order valence-electron chi connectivity index (χ3n) is 2.92. The number of hydrogen-bond acceptors (Lipinski definition) is 3. The molecule has 2 saturated heterocycles. The van der Waals surface area contributed by atoms with E-state index in [0.29, 0.717) is 18.8 Å². The quantitative estimate of drug-likeness (QED) is 0.605. The zero-order valence-electron chi connectivity index (χ0n) is 7.82. The van der Waals surface area contributed by atoms with Gasteiger partial charge in [-0.25, -0.2) is 0 Å². The lowest BCUT2D eigenvalue weighted by Gasteiger charge is -2.47. The molecule has 7 heteroatoms. The Morgan fingerprint density at radius 3 is 2.47 bits per heavy atom. The molecular weight excluding hydrogens is 211 g/mol. The van der Waals surface area contributed by atoms with Crippen LogP contribution in [0.15, 0.2) is 0 Å². The van der Waals surface area contributed by atoms with Gasteiger partial charge in [0.05, 0.1) is 5.41 Å². The van der Waals surface area contributed by atoms with E-state index in [1.807, 2.05) is 0 Å². The van der Waals surface area contributed by atoms with E-state index < -0.39 is 17.5 Å². The summed E-state index contributed by atoms with van der Waals surface area (Å²) in [5.74, 6) is -1.80. The first-order valence-corrected chi connectivity index (χ1v) is 4.50. The van der Waals surface area contributed by atoms with Crippen LogP contribution in [0.3, 0.4) is 0 Å². The van der Waals surface area contributed by atoms with E-state index in [2.05, 4.69) is 5.32 Å². The average Bonchev–Trinajstić information content (AvgIpc) is 2.41. The van der Waals surface area contributed by atoms with Crippen molar-refractivity contribution in [3.8, 4) is 0 Å². The Hall–Kier alpha value is -1.11. The largest absolute Gasteiger partial charge is 0.471 e. The molecule has 0 radical (unpaired) electrons. The number of nitrogens with zero attached hydrogens (tertiary/aromatic N) is 1. The number of hydrogen-bond donors (Lipinski definition) is 2. The van der Waals surface area contributed by atoms with Gasteiger partial charge in [0.2, 0.25) is 0 Å². The van der Waals surface area contributed by atoms with Crippen LogP contribution >= 0.6 is 0 Å². The summed E-state index contributed by atoms with van der Waals surface area (Å²) in [6.07, 6.45) is -4.80. The second-order valence-corrected chi connectivity index (χ2v) is 4.02. The molecule has 2 heterocycles. The van der Waals surface area contributed by atoms with Crippen molar-refractivity contribution in [2.24, 2.45) is 5.41 Å². The summed E-state index contributed by atoms with van der Waals surface area (Å²) in [5, 5.41) is 10.5. The van der Waals surface area contributed by atoms with Crippen LogP contribution in [0.5, 0.6) is 0 Å². The summed E-state index contributed by atoms with van der Waals surface area (Å²) >= 11 is 0. The highest BCUT2D eigenvalue weighted by molar-refractivity contribution is 5.95. The van der Waals surface area contributed by atoms with Gasteiger partial charge in [0, 0.05) is 31.9 Å². The SMILES string of the molecule is N=C1CNCC12CN(C(=O)C(F)(F)F)C2. The standard InChI is InChI=1S/C8H10F3N3O/c9-8(10,11)6(15)14-3-7(4-14)2-13-1-5(7)12/h12-13H,1-4H2. The molecule has 0 bridgehead atoms. The molecule has 4 nitrogen and oxygen atoms in total. The molecule has 0 aromatic carbocycles. The Morgan fingerprint density at radius 1 is 1.47 bits per heavy atom. The molecule has 0 saturated carbocycles. The number of halogens is 3. The van der Waals surface area contributed by atoms with Crippen molar-refractivity contribution in [2.75, 3.05) is 26.2 Å². The van der Waals surface area contributed by atoms with Crippen LogP contribution in [-0.2, 0) is 4.79 Å². The van der Waals surface area contributed by atoms with Crippen molar-refractivity contribution < 1.29 is 18.0 Å². The Bertz CT molecular complexity index is 320. The first-order valence-electron chi connectivity index (χ1n) is 4.50. The molecule has 0 unspecified atom stereocenters. The van der Waals surface area contributed by atoms with E-state index in [1.54, 1.807) is 0 Å². The average molecular weight is 221 g/mol. The zero-order valence-corrected chi connectivity index (χ0v) is 7.82. The predicted octanol–water partition coefficient (Wildman–Crippen LogP) is 0.000270. The summed E-state index contributed by atoms with van der Waals surface area (Å²) in [4.78, 5) is 11.6. The van der Waals surface area contributed by atoms with Crippen LogP contribution < -0.4 is 5.32 Å². The minimum atomic E-state index is -4.80. The highest BCUT2D eigenvalue weighted by Gasteiger charge is 2.55. The number of amides is 1. The van der Waals surface area contributed by atoms with Gasteiger partial charge in [-0.3, -0.25) is 4.79 Å². The van der Waals surface area contributed by atoms with Gasteiger partial charge in [-0.05, 0) is 0 Å². The first kappa shape index (κ1) is 10.4. The molecule has 1 spiro atoms. The zero-order chi connectivity index (χ0) is 11.3. The molecule has 84 valence electrons. The maximum atomic E-state index is 12.0. The maximum absolute atomic E-state index is 12.0. The van der Waals surface area contributed by atoms with E-state index in [1.165, 1.54) is 0 Å². The monoisotopic (exact) mass is 221 g/mol. The van der Waals surface area contributed by atoms with Gasteiger partial charge in [-0.1, -0.05) is 0 Å². The van der Waals surface area contributed by atoms with Crippen LogP contribution in [-0.4, -0.2) is 48.9 Å². The lowest BCUT2D eigenvalue weighted by atomic mass is 9.77. The second-order valence-electron chi connectivity index (χ2n) is 4.02. The fourth-order valence-corrected chi connectivity index (χ4v) is 2.03. The molecule has 0 atom stereocenters. The molecule has 2 aliphatic rings. The van der Waals surface area contributed by atoms with Crippen LogP contribution in [0.1, 0.15) is 0 Å². The number of nitrogens with one attached hydrogen (secondary N) is 2. The van der Waals surface area contributed by atoms with E-state index >= 15 is 0 Å². The van der Waals surface area contributed by atoms with Gasteiger partial charge in [0.25, 0.3) is 0 Å². The molecule has 0 aliphatic carbocycles. The van der Waals surface area contributed by atoms with Gasteiger partial charge < -0.3 is 15.6 Å². The van der Waals surface area contributed by atoms with E-state index in [9.17, 15) is 18.0 Å². The Kier molecular flexibility index (Phi) is 2.04. The fraction of sp³-hybridized carbons (Fsp3) is 0.750. The molecule has 2 N–H and O–H groups in total. The Balaban J connectivity index is 1.99. The number of carbonyl (C=O) groups is 1. The topological polar surface area (TPSA) is 56.2 Å². The van der Waals surface area contributed by atoms with Crippen molar-refractivity contribution in [1.29, 1.82) is 5.41 Å². The summed E-state index contributed by atoms with van der Waals surface area (Å²) in [6, 6.07) is 0. The minimum Gasteiger partial charge on any atom is -0.333 e. The van der Waals surface area contributed by atoms with Crippen molar-refractivity contribution >= 4 is 11.6 Å². The van der Waals surface area contributed by atoms with Gasteiger partial charge in [0.15, 0.2) is 0 Å². The van der Waals surface area contributed by atoms with Crippen molar-refractivity contribution in [3.63, 3.8) is 0 Å². The van der Waals surface area contributed by atoms with Crippen LogP contribution in [0.25, 0.3) is 0 Å². The Morgan fingerprint density at radius 2 is 2.07 bits per heavy atom. The van der Waals surface area contributed by atoms with Crippen LogP contribution in [0.2, 0.25) is 0 Å². The molecule has 0 aromatic heterocycles. The first-order chi connectivity index (χ1) is 6.85. The number of likely N-dealkylation sites (tertiary alicyclic amines) is 1. The number of carbonyl (C=O) groups excluding carboxylic acids is 1. The second kappa shape index (κ2) is 2.94. The summed E-state index contributed by atoms with van der Waals surface area (Å²) in [5.41, 5.74) is -0.130. The van der Waals surface area contributed by atoms with Gasteiger partial charge in [-0.15, -0.1) is 0 Å². The van der Waals surface area contributed by atoms with Crippen molar-refractivity contribution in [2.45, 2.75) is 6.18 Å². The molecule has 15 heavy (non-hydrogen) atoms. The summed E-state index contributed by atoms with van der Waals surface area (Å²) in [6.45, 7) is 0.926. The van der Waals surface area contributed by atoms with Gasteiger partial charge in [0.1, 0.15) is 0 Å². The molecular formula is C8H10F3N3O. The molecule has 2 fully saturated rings. The van der Waals surface area contributed by atoms with Crippen molar-refractivity contribution in [1.82, 2.24) is 10.2 Å². The summed E-state index contributed by atoms with van der Waals surface area (Å²) < 4.78 is 36.1. The smallest absolute Gasteiger partial charge is 0.333 e. The van der Waals surface area contributed by atoms with Gasteiger partial charge in [-0.2, -0.15) is 13.2 Å². The minimum absolute atomic E-state index is 0.0111. The van der Waals surface area contributed by atoms with E-state index in [4.69, 9.17) is 5.41 Å². The molecule has 2 rings (SSSR count).